The molecule has 2 rings (SSSR count). The highest BCUT2D eigenvalue weighted by Crippen LogP contribution is 2.06. The number of aromatic nitrogens is 2. The average molecular weight is 260 g/mol. The van der Waals surface area contributed by atoms with Gasteiger partial charge in [0.25, 0.3) is 0 Å². The summed E-state index contributed by atoms with van der Waals surface area (Å²) in [5.74, 6) is 1.35. The van der Waals surface area contributed by atoms with E-state index in [9.17, 15) is 0 Å². The first-order chi connectivity index (χ1) is 9.19. The largest absolute Gasteiger partial charge is 0.481 e. The van der Waals surface area contributed by atoms with Crippen LogP contribution < -0.4 is 9.47 Å². The number of rotatable bonds is 3. The van der Waals surface area contributed by atoms with Gasteiger partial charge < -0.3 is 9.47 Å². The molecule has 102 valence electrons. The van der Waals surface area contributed by atoms with Gasteiger partial charge in [-0.25, -0.2) is 9.97 Å². The number of methoxy groups -OCH3 is 2. The summed E-state index contributed by atoms with van der Waals surface area (Å²) in [7, 11) is 3.23. The molecule has 0 atom stereocenters. The summed E-state index contributed by atoms with van der Waals surface area (Å²) in [6.45, 7) is 4.09. The van der Waals surface area contributed by atoms with E-state index in [-0.39, 0.29) is 0 Å². The summed E-state index contributed by atoms with van der Waals surface area (Å²) in [5, 5.41) is 0. The fourth-order valence-corrected chi connectivity index (χ4v) is 1.32. The number of aryl methyl sites for hydroxylation is 2. The highest BCUT2D eigenvalue weighted by atomic mass is 16.5. The molecule has 19 heavy (non-hydrogen) atoms. The van der Waals surface area contributed by atoms with Gasteiger partial charge in [0.2, 0.25) is 11.8 Å². The third-order valence-corrected chi connectivity index (χ3v) is 2.51. The summed E-state index contributed by atoms with van der Waals surface area (Å²) in [4.78, 5) is 8.02. The van der Waals surface area contributed by atoms with Crippen LogP contribution in [-0.2, 0) is 6.42 Å². The highest BCUT2D eigenvalue weighted by molar-refractivity contribution is 5.17. The van der Waals surface area contributed by atoms with Crippen molar-refractivity contribution in [3.05, 3.63) is 47.8 Å². The van der Waals surface area contributed by atoms with E-state index in [0.29, 0.717) is 11.8 Å². The maximum atomic E-state index is 4.90. The summed E-state index contributed by atoms with van der Waals surface area (Å²) in [5.41, 5.74) is 2.39. The van der Waals surface area contributed by atoms with Crippen LogP contribution in [0.15, 0.2) is 36.7 Å². The minimum Gasteiger partial charge on any atom is -0.481 e. The van der Waals surface area contributed by atoms with E-state index in [1.807, 2.05) is 37.4 Å². The first-order valence-electron chi connectivity index (χ1n) is 6.15. The monoisotopic (exact) mass is 260 g/mol. The van der Waals surface area contributed by atoms with Crippen LogP contribution in [0.25, 0.3) is 0 Å². The zero-order valence-corrected chi connectivity index (χ0v) is 11.9. The molecule has 4 heteroatoms. The SMILES string of the molecule is CCc1ccc(OC)nc1.COc1ccc(C)cn1. The molecule has 0 fully saturated rings. The molecule has 0 radical (unpaired) electrons. The Kier molecular flexibility index (Phi) is 6.36. The second-order valence-corrected chi connectivity index (χ2v) is 3.94. The predicted molar refractivity (Wildman–Crippen MR) is 75.7 cm³/mol. The molecular formula is C15H20N2O2. The van der Waals surface area contributed by atoms with Crippen molar-refractivity contribution < 1.29 is 9.47 Å². The van der Waals surface area contributed by atoms with Crippen LogP contribution in [0.4, 0.5) is 0 Å². The van der Waals surface area contributed by atoms with Gasteiger partial charge in [-0.1, -0.05) is 19.1 Å². The summed E-state index contributed by atoms with van der Waals surface area (Å²) in [6, 6.07) is 7.70. The van der Waals surface area contributed by atoms with Crippen LogP contribution >= 0.6 is 0 Å². The van der Waals surface area contributed by atoms with Crippen LogP contribution in [0.3, 0.4) is 0 Å². The molecule has 0 N–H and O–H groups in total. The zero-order chi connectivity index (χ0) is 14.1. The molecule has 0 unspecified atom stereocenters. The number of nitrogens with zero attached hydrogens (tertiary/aromatic N) is 2. The van der Waals surface area contributed by atoms with Gasteiger partial charge in [-0.15, -0.1) is 0 Å². The predicted octanol–water partition coefficient (Wildman–Crippen LogP) is 3.05. The van der Waals surface area contributed by atoms with Crippen molar-refractivity contribution in [2.75, 3.05) is 14.2 Å². The van der Waals surface area contributed by atoms with E-state index < -0.39 is 0 Å². The molecule has 2 aromatic heterocycles. The maximum absolute atomic E-state index is 4.90. The van der Waals surface area contributed by atoms with Gasteiger partial charge in [-0.3, -0.25) is 0 Å². The Balaban J connectivity index is 0.000000191. The second kappa shape index (κ2) is 8.08. The minimum absolute atomic E-state index is 0.667. The van der Waals surface area contributed by atoms with E-state index in [1.54, 1.807) is 20.4 Å². The van der Waals surface area contributed by atoms with Crippen LogP contribution in [-0.4, -0.2) is 24.2 Å². The molecule has 0 saturated carbocycles. The lowest BCUT2D eigenvalue weighted by atomic mass is 10.2. The summed E-state index contributed by atoms with van der Waals surface area (Å²) < 4.78 is 9.76. The molecular weight excluding hydrogens is 240 g/mol. The van der Waals surface area contributed by atoms with Crippen molar-refractivity contribution in [1.82, 2.24) is 9.97 Å². The third kappa shape index (κ3) is 5.38. The Hall–Kier alpha value is -2.10. The fourth-order valence-electron chi connectivity index (χ4n) is 1.32. The Morgan fingerprint density at radius 1 is 0.895 bits per heavy atom. The fraction of sp³-hybridized carbons (Fsp3) is 0.333. The van der Waals surface area contributed by atoms with Crippen LogP contribution in [0, 0.1) is 6.92 Å². The molecule has 0 aromatic carbocycles. The average Bonchev–Trinajstić information content (AvgIpc) is 2.49. The summed E-state index contributed by atoms with van der Waals surface area (Å²) >= 11 is 0. The molecule has 0 amide bonds. The van der Waals surface area contributed by atoms with Crippen molar-refractivity contribution in [2.45, 2.75) is 20.3 Å². The standard InChI is InChI=1S/C8H11NO.C7H9NO/c1-3-7-4-5-8(10-2)9-6-7;1-6-3-4-7(9-2)8-5-6/h4-6H,3H2,1-2H3;3-5H,1-2H3. The molecule has 0 aliphatic carbocycles. The Morgan fingerprint density at radius 3 is 1.84 bits per heavy atom. The second-order valence-electron chi connectivity index (χ2n) is 3.94. The van der Waals surface area contributed by atoms with Gasteiger partial charge >= 0.3 is 0 Å². The van der Waals surface area contributed by atoms with Crippen LogP contribution in [0.2, 0.25) is 0 Å². The number of hydrogen-bond acceptors (Lipinski definition) is 4. The lowest BCUT2D eigenvalue weighted by Crippen LogP contribution is -1.87. The van der Waals surface area contributed by atoms with Gasteiger partial charge in [0.1, 0.15) is 0 Å². The van der Waals surface area contributed by atoms with Gasteiger partial charge in [-0.05, 0) is 24.5 Å². The van der Waals surface area contributed by atoms with E-state index in [0.717, 1.165) is 12.0 Å². The van der Waals surface area contributed by atoms with Crippen molar-refractivity contribution in [3.8, 4) is 11.8 Å². The topological polar surface area (TPSA) is 44.2 Å². The lowest BCUT2D eigenvalue weighted by molar-refractivity contribution is 0.397. The Labute approximate surface area is 114 Å². The van der Waals surface area contributed by atoms with E-state index in [2.05, 4.69) is 16.9 Å². The maximum Gasteiger partial charge on any atom is 0.212 e. The Bertz CT molecular complexity index is 444. The zero-order valence-electron chi connectivity index (χ0n) is 11.9. The van der Waals surface area contributed by atoms with E-state index in [1.165, 1.54) is 5.56 Å². The molecule has 0 saturated heterocycles. The minimum atomic E-state index is 0.667. The molecule has 2 aromatic rings. The van der Waals surface area contributed by atoms with Crippen molar-refractivity contribution in [3.63, 3.8) is 0 Å². The van der Waals surface area contributed by atoms with Crippen LogP contribution in [0.5, 0.6) is 11.8 Å². The van der Waals surface area contributed by atoms with Gasteiger partial charge in [0, 0.05) is 24.5 Å². The molecule has 0 spiro atoms. The normalized spacial score (nSPS) is 9.26. The lowest BCUT2D eigenvalue weighted by Gasteiger charge is -1.97. The third-order valence-electron chi connectivity index (χ3n) is 2.51. The molecule has 0 aliphatic rings. The summed E-state index contributed by atoms with van der Waals surface area (Å²) in [6.07, 6.45) is 4.63. The number of hydrogen-bond donors (Lipinski definition) is 0. The Morgan fingerprint density at radius 2 is 1.47 bits per heavy atom. The molecule has 0 aliphatic heterocycles. The first kappa shape index (κ1) is 15.0. The highest BCUT2D eigenvalue weighted by Gasteiger charge is 1.90. The first-order valence-corrected chi connectivity index (χ1v) is 6.15. The number of pyridine rings is 2. The van der Waals surface area contributed by atoms with Crippen molar-refractivity contribution in [1.29, 1.82) is 0 Å². The van der Waals surface area contributed by atoms with Crippen LogP contribution in [0.1, 0.15) is 18.1 Å². The molecule has 4 nitrogen and oxygen atoms in total. The van der Waals surface area contributed by atoms with E-state index >= 15 is 0 Å². The van der Waals surface area contributed by atoms with E-state index in [4.69, 9.17) is 9.47 Å². The van der Waals surface area contributed by atoms with Gasteiger partial charge in [0.15, 0.2) is 0 Å². The van der Waals surface area contributed by atoms with Crippen molar-refractivity contribution in [2.24, 2.45) is 0 Å². The van der Waals surface area contributed by atoms with Gasteiger partial charge in [0.05, 0.1) is 14.2 Å². The number of ether oxygens (including phenoxy) is 2. The smallest absolute Gasteiger partial charge is 0.212 e. The quantitative estimate of drug-likeness (QED) is 0.850. The molecule has 2 heterocycles. The van der Waals surface area contributed by atoms with Crippen molar-refractivity contribution >= 4 is 0 Å². The molecule has 0 bridgehead atoms. The van der Waals surface area contributed by atoms with Gasteiger partial charge in [-0.2, -0.15) is 0 Å².